The summed E-state index contributed by atoms with van der Waals surface area (Å²) in [6, 6.07) is 2.05. The molecular weight excluding hydrogens is 144 g/mol. The Kier molecular flexibility index (Phi) is 6.78. The van der Waals surface area contributed by atoms with Crippen molar-refractivity contribution in [2.45, 2.75) is 6.92 Å². The van der Waals surface area contributed by atoms with E-state index in [1.807, 2.05) is 17.8 Å². The fraction of sp³-hybridized carbons (Fsp3) is 0.857. The van der Waals surface area contributed by atoms with Gasteiger partial charge in [-0.2, -0.15) is 17.0 Å². The zero-order valence-electron chi connectivity index (χ0n) is 6.55. The van der Waals surface area contributed by atoms with Crippen LogP contribution in [-0.4, -0.2) is 25.1 Å². The third-order valence-corrected chi connectivity index (χ3v) is 2.05. The lowest BCUT2D eigenvalue weighted by Crippen LogP contribution is -2.22. The van der Waals surface area contributed by atoms with Crippen molar-refractivity contribution in [2.24, 2.45) is 5.92 Å². The number of nitriles is 1. The van der Waals surface area contributed by atoms with Crippen LogP contribution in [0.2, 0.25) is 0 Å². The highest BCUT2D eigenvalue weighted by Gasteiger charge is 1.97. The lowest BCUT2D eigenvalue weighted by atomic mass is 10.2. The molecule has 0 aliphatic rings. The maximum absolute atomic E-state index is 8.19. The van der Waals surface area contributed by atoms with Gasteiger partial charge in [-0.15, -0.1) is 0 Å². The Morgan fingerprint density at radius 1 is 1.70 bits per heavy atom. The lowest BCUT2D eigenvalue weighted by molar-refractivity contribution is 0.587. The highest BCUT2D eigenvalue weighted by atomic mass is 32.2. The number of hydrogen-bond acceptors (Lipinski definition) is 3. The van der Waals surface area contributed by atoms with E-state index in [-0.39, 0.29) is 0 Å². The average Bonchev–Trinajstić information content (AvgIpc) is 1.89. The minimum Gasteiger partial charge on any atom is -0.304 e. The van der Waals surface area contributed by atoms with Gasteiger partial charge in [0.1, 0.15) is 0 Å². The number of hydrogen-bond donors (Lipinski definition) is 1. The Balaban J connectivity index is 3.06. The number of nitrogens with one attached hydrogen (secondary N) is 1. The van der Waals surface area contributed by atoms with Crippen molar-refractivity contribution in [2.75, 3.05) is 25.1 Å². The fourth-order valence-corrected chi connectivity index (χ4v) is 1.40. The molecule has 0 aromatic carbocycles. The van der Waals surface area contributed by atoms with Gasteiger partial charge < -0.3 is 5.32 Å². The first-order valence-electron chi connectivity index (χ1n) is 3.38. The molecule has 0 rings (SSSR count). The van der Waals surface area contributed by atoms with Gasteiger partial charge in [-0.1, -0.05) is 6.92 Å². The van der Waals surface area contributed by atoms with Crippen LogP contribution in [0.3, 0.4) is 0 Å². The standard InChI is InChI=1S/C7H14N2S/c1-7(6-10-2)5-9-4-3-8/h7,9H,4-6H2,1-2H3. The van der Waals surface area contributed by atoms with Crippen molar-refractivity contribution in [3.8, 4) is 6.07 Å². The summed E-state index contributed by atoms with van der Waals surface area (Å²) in [5.74, 6) is 1.83. The Bertz CT molecular complexity index is 109. The second-order valence-electron chi connectivity index (χ2n) is 2.35. The smallest absolute Gasteiger partial charge is 0.0841 e. The van der Waals surface area contributed by atoms with Crippen LogP contribution in [0.1, 0.15) is 6.92 Å². The molecule has 0 aromatic rings. The summed E-state index contributed by atoms with van der Waals surface area (Å²) in [6.07, 6.45) is 2.10. The molecule has 0 saturated heterocycles. The molecule has 0 saturated carbocycles. The molecule has 0 aliphatic heterocycles. The van der Waals surface area contributed by atoms with Gasteiger partial charge in [-0.25, -0.2) is 0 Å². The normalized spacial score (nSPS) is 12.5. The highest BCUT2D eigenvalue weighted by molar-refractivity contribution is 7.98. The number of thioether (sulfide) groups is 1. The molecule has 58 valence electrons. The van der Waals surface area contributed by atoms with Gasteiger partial charge in [0, 0.05) is 0 Å². The molecule has 1 N–H and O–H groups in total. The van der Waals surface area contributed by atoms with Gasteiger partial charge >= 0.3 is 0 Å². The Hall–Kier alpha value is -0.200. The molecule has 1 unspecified atom stereocenters. The molecule has 1 atom stereocenters. The van der Waals surface area contributed by atoms with Gasteiger partial charge in [0.15, 0.2) is 0 Å². The summed E-state index contributed by atoms with van der Waals surface area (Å²) in [4.78, 5) is 0. The van der Waals surface area contributed by atoms with Crippen LogP contribution in [0, 0.1) is 17.2 Å². The van der Waals surface area contributed by atoms with E-state index in [1.165, 1.54) is 5.75 Å². The molecule has 3 heteroatoms. The van der Waals surface area contributed by atoms with Crippen molar-refractivity contribution < 1.29 is 0 Å². The third-order valence-electron chi connectivity index (χ3n) is 1.15. The number of rotatable bonds is 5. The minimum absolute atomic E-state index is 0.471. The van der Waals surface area contributed by atoms with Crippen LogP contribution in [0.15, 0.2) is 0 Å². The molecule has 0 bridgehead atoms. The van der Waals surface area contributed by atoms with Crippen molar-refractivity contribution >= 4 is 11.8 Å². The van der Waals surface area contributed by atoms with Gasteiger partial charge in [-0.3, -0.25) is 0 Å². The van der Waals surface area contributed by atoms with E-state index < -0.39 is 0 Å². The topological polar surface area (TPSA) is 35.8 Å². The van der Waals surface area contributed by atoms with Crippen molar-refractivity contribution in [3.63, 3.8) is 0 Å². The Morgan fingerprint density at radius 2 is 2.40 bits per heavy atom. The van der Waals surface area contributed by atoms with E-state index in [0.29, 0.717) is 12.5 Å². The number of nitrogens with zero attached hydrogens (tertiary/aromatic N) is 1. The molecule has 0 fully saturated rings. The predicted molar refractivity (Wildman–Crippen MR) is 46.0 cm³/mol. The molecule has 0 radical (unpaired) electrons. The zero-order chi connectivity index (χ0) is 7.82. The van der Waals surface area contributed by atoms with Gasteiger partial charge in [-0.05, 0) is 24.5 Å². The largest absolute Gasteiger partial charge is 0.304 e. The molecule has 2 nitrogen and oxygen atoms in total. The second kappa shape index (κ2) is 6.91. The first-order valence-corrected chi connectivity index (χ1v) is 4.77. The zero-order valence-corrected chi connectivity index (χ0v) is 7.37. The Labute approximate surface area is 67.0 Å². The SMILES string of the molecule is CSCC(C)CNCC#N. The summed E-state index contributed by atoms with van der Waals surface area (Å²) in [7, 11) is 0. The van der Waals surface area contributed by atoms with E-state index in [4.69, 9.17) is 5.26 Å². The van der Waals surface area contributed by atoms with E-state index in [2.05, 4.69) is 18.5 Å². The van der Waals surface area contributed by atoms with E-state index >= 15 is 0 Å². The fourth-order valence-electron chi connectivity index (χ4n) is 0.718. The quantitative estimate of drug-likeness (QED) is 0.481. The molecule has 0 heterocycles. The van der Waals surface area contributed by atoms with E-state index in [9.17, 15) is 0 Å². The minimum atomic E-state index is 0.471. The molecule has 10 heavy (non-hydrogen) atoms. The van der Waals surface area contributed by atoms with Gasteiger partial charge in [0.2, 0.25) is 0 Å². The molecule has 0 spiro atoms. The van der Waals surface area contributed by atoms with Crippen LogP contribution in [0.4, 0.5) is 0 Å². The molecule has 0 aliphatic carbocycles. The van der Waals surface area contributed by atoms with E-state index in [0.717, 1.165) is 6.54 Å². The molecule has 0 amide bonds. The van der Waals surface area contributed by atoms with Crippen molar-refractivity contribution in [3.05, 3.63) is 0 Å². The maximum Gasteiger partial charge on any atom is 0.0841 e. The van der Waals surface area contributed by atoms with Crippen LogP contribution in [0.5, 0.6) is 0 Å². The summed E-state index contributed by atoms with van der Waals surface area (Å²) < 4.78 is 0. The van der Waals surface area contributed by atoms with Crippen LogP contribution in [-0.2, 0) is 0 Å². The second-order valence-corrected chi connectivity index (χ2v) is 3.26. The summed E-state index contributed by atoms with van der Waals surface area (Å²) in [6.45, 7) is 3.61. The van der Waals surface area contributed by atoms with Crippen LogP contribution in [0.25, 0.3) is 0 Å². The van der Waals surface area contributed by atoms with E-state index in [1.54, 1.807) is 0 Å². The third kappa shape index (κ3) is 5.93. The van der Waals surface area contributed by atoms with Gasteiger partial charge in [0.25, 0.3) is 0 Å². The van der Waals surface area contributed by atoms with Gasteiger partial charge in [0.05, 0.1) is 12.6 Å². The van der Waals surface area contributed by atoms with Crippen LogP contribution >= 0.6 is 11.8 Å². The molecular formula is C7H14N2S. The average molecular weight is 158 g/mol. The van der Waals surface area contributed by atoms with Crippen molar-refractivity contribution in [1.29, 1.82) is 5.26 Å². The Morgan fingerprint density at radius 3 is 2.90 bits per heavy atom. The summed E-state index contributed by atoms with van der Waals surface area (Å²) in [5, 5.41) is 11.2. The highest BCUT2D eigenvalue weighted by Crippen LogP contribution is 2.01. The predicted octanol–water partition coefficient (Wildman–Crippen LogP) is 1.10. The monoisotopic (exact) mass is 158 g/mol. The van der Waals surface area contributed by atoms with Crippen molar-refractivity contribution in [1.82, 2.24) is 5.32 Å². The summed E-state index contributed by atoms with van der Waals surface area (Å²) >= 11 is 1.84. The summed E-state index contributed by atoms with van der Waals surface area (Å²) in [5.41, 5.74) is 0. The maximum atomic E-state index is 8.19. The lowest BCUT2D eigenvalue weighted by Gasteiger charge is -2.07. The molecule has 0 aromatic heterocycles. The van der Waals surface area contributed by atoms with Crippen LogP contribution < -0.4 is 5.32 Å². The first kappa shape index (κ1) is 9.80. The first-order chi connectivity index (χ1) is 4.81.